The molecule has 28 heavy (non-hydrogen) atoms. The molecule has 0 aliphatic heterocycles. The van der Waals surface area contributed by atoms with E-state index in [1.165, 1.54) is 41.0 Å². The van der Waals surface area contributed by atoms with E-state index in [9.17, 15) is 23.2 Å². The number of carbonyl (C=O) groups is 2. The number of carbonyl (C=O) groups excluding carboxylic acids is 2. The van der Waals surface area contributed by atoms with Crippen LogP contribution in [-0.2, 0) is 13.1 Å². The van der Waals surface area contributed by atoms with E-state index < -0.39 is 16.6 Å². The van der Waals surface area contributed by atoms with Crippen molar-refractivity contribution in [3.8, 4) is 0 Å². The number of nitrogens with one attached hydrogen (secondary N) is 1. The Morgan fingerprint density at radius 2 is 1.57 bits per heavy atom. The van der Waals surface area contributed by atoms with Gasteiger partial charge in [-0.2, -0.15) is 0 Å². The molecular weight excluding hydrogens is 386 g/mol. The molecule has 0 saturated heterocycles. The van der Waals surface area contributed by atoms with Crippen molar-refractivity contribution in [2.45, 2.75) is 20.0 Å². The van der Waals surface area contributed by atoms with Crippen molar-refractivity contribution in [1.29, 1.82) is 0 Å². The maximum absolute atomic E-state index is 13.0. The van der Waals surface area contributed by atoms with Crippen LogP contribution in [0.2, 0.25) is 0 Å². The summed E-state index contributed by atoms with van der Waals surface area (Å²) in [5, 5.41) is 2.68. The van der Waals surface area contributed by atoms with Gasteiger partial charge in [-0.25, -0.2) is 8.78 Å². The summed E-state index contributed by atoms with van der Waals surface area (Å²) in [4.78, 5) is 36.8. The smallest absolute Gasteiger partial charge is 0.308 e. The van der Waals surface area contributed by atoms with Gasteiger partial charge in [0.2, 0.25) is 0 Å². The second-order valence-electron chi connectivity index (χ2n) is 6.11. The molecule has 0 radical (unpaired) electrons. The third-order valence-electron chi connectivity index (χ3n) is 4.18. The maximum atomic E-state index is 13.0. The van der Waals surface area contributed by atoms with Gasteiger partial charge in [0, 0.05) is 17.8 Å². The molecule has 144 valence electrons. The molecule has 0 atom stereocenters. The van der Waals surface area contributed by atoms with Crippen molar-refractivity contribution in [3.05, 3.63) is 91.5 Å². The predicted molar refractivity (Wildman–Crippen MR) is 102 cm³/mol. The number of hydrogen-bond acceptors (Lipinski definition) is 4. The minimum Gasteiger partial charge on any atom is -0.347 e. The van der Waals surface area contributed by atoms with Crippen LogP contribution in [0.25, 0.3) is 0 Å². The third-order valence-corrected chi connectivity index (χ3v) is 5.26. The molecular formula is C20H16F2N2O3S. The molecule has 8 heteroatoms. The molecule has 2 aromatic carbocycles. The van der Waals surface area contributed by atoms with Gasteiger partial charge in [0.25, 0.3) is 5.91 Å². The van der Waals surface area contributed by atoms with E-state index in [1.54, 1.807) is 19.1 Å². The average molecular weight is 402 g/mol. The molecule has 3 aromatic rings. The number of rotatable bonds is 6. The van der Waals surface area contributed by atoms with Gasteiger partial charge < -0.3 is 5.32 Å². The zero-order valence-electron chi connectivity index (χ0n) is 14.9. The highest BCUT2D eigenvalue weighted by atomic mass is 32.1. The normalized spacial score (nSPS) is 10.7. The van der Waals surface area contributed by atoms with Crippen LogP contribution in [0.3, 0.4) is 0 Å². The quantitative estimate of drug-likeness (QED) is 0.644. The lowest BCUT2D eigenvalue weighted by Gasteiger charge is -2.07. The second kappa shape index (κ2) is 8.26. The zero-order valence-corrected chi connectivity index (χ0v) is 15.7. The minimum atomic E-state index is -0.458. The number of hydrogen-bond donors (Lipinski definition) is 1. The number of ketones is 1. The molecule has 1 aromatic heterocycles. The van der Waals surface area contributed by atoms with Gasteiger partial charge in [-0.15, -0.1) is 0 Å². The van der Waals surface area contributed by atoms with Crippen molar-refractivity contribution >= 4 is 23.0 Å². The molecule has 0 aliphatic carbocycles. The van der Waals surface area contributed by atoms with Crippen LogP contribution in [0, 0.1) is 18.6 Å². The molecule has 0 spiro atoms. The molecule has 3 rings (SSSR count). The SMILES string of the molecule is Cc1c(C(=O)NCc2ccc(F)cc2)sc(=O)n1CC(=O)c1ccc(F)cc1. The maximum Gasteiger partial charge on any atom is 0.308 e. The highest BCUT2D eigenvalue weighted by Crippen LogP contribution is 2.14. The summed E-state index contributed by atoms with van der Waals surface area (Å²) in [5.74, 6) is -1.63. The summed E-state index contributed by atoms with van der Waals surface area (Å²) in [6, 6.07) is 10.7. The molecule has 0 aliphatic rings. The molecule has 1 heterocycles. The van der Waals surface area contributed by atoms with E-state index in [-0.39, 0.29) is 35.1 Å². The zero-order chi connectivity index (χ0) is 20.3. The largest absolute Gasteiger partial charge is 0.347 e. The number of aromatic nitrogens is 1. The van der Waals surface area contributed by atoms with Crippen LogP contribution in [0.15, 0.2) is 53.3 Å². The Morgan fingerprint density at radius 1 is 1.00 bits per heavy atom. The fraction of sp³-hybridized carbons (Fsp3) is 0.150. The topological polar surface area (TPSA) is 68.2 Å². The molecule has 5 nitrogen and oxygen atoms in total. The first-order valence-electron chi connectivity index (χ1n) is 8.37. The highest BCUT2D eigenvalue weighted by Gasteiger charge is 2.19. The van der Waals surface area contributed by atoms with Crippen LogP contribution in [0.1, 0.15) is 31.3 Å². The van der Waals surface area contributed by atoms with E-state index in [0.717, 1.165) is 11.3 Å². The van der Waals surface area contributed by atoms with Crippen LogP contribution >= 0.6 is 11.3 Å². The van der Waals surface area contributed by atoms with Crippen LogP contribution in [0.5, 0.6) is 0 Å². The predicted octanol–water partition coefficient (Wildman–Crippen LogP) is 3.31. The van der Waals surface area contributed by atoms with E-state index in [2.05, 4.69) is 5.32 Å². The first-order valence-corrected chi connectivity index (χ1v) is 9.18. The summed E-state index contributed by atoms with van der Waals surface area (Å²) in [6.45, 7) is 1.53. The van der Waals surface area contributed by atoms with E-state index >= 15 is 0 Å². The Balaban J connectivity index is 1.72. The Morgan fingerprint density at radius 3 is 2.18 bits per heavy atom. The second-order valence-corrected chi connectivity index (χ2v) is 7.07. The average Bonchev–Trinajstić information content (AvgIpc) is 2.96. The number of halogens is 2. The van der Waals surface area contributed by atoms with E-state index in [0.29, 0.717) is 11.3 Å². The van der Waals surface area contributed by atoms with Crippen molar-refractivity contribution in [2.24, 2.45) is 0 Å². The molecule has 0 unspecified atom stereocenters. The van der Waals surface area contributed by atoms with Crippen molar-refractivity contribution in [2.75, 3.05) is 0 Å². The van der Waals surface area contributed by atoms with Crippen LogP contribution in [-0.4, -0.2) is 16.3 Å². The Labute approximate surface area is 163 Å². The summed E-state index contributed by atoms with van der Waals surface area (Å²) < 4.78 is 27.1. The van der Waals surface area contributed by atoms with Crippen molar-refractivity contribution in [1.82, 2.24) is 9.88 Å². The Bertz CT molecular complexity index is 1070. The van der Waals surface area contributed by atoms with Crippen LogP contribution in [0.4, 0.5) is 8.78 Å². The molecule has 1 amide bonds. The number of thiazole rings is 1. The van der Waals surface area contributed by atoms with Crippen molar-refractivity contribution in [3.63, 3.8) is 0 Å². The Hall–Kier alpha value is -3.13. The molecule has 1 N–H and O–H groups in total. The third kappa shape index (κ3) is 4.40. The first-order chi connectivity index (χ1) is 13.3. The highest BCUT2D eigenvalue weighted by molar-refractivity contribution is 7.11. The molecule has 0 bridgehead atoms. The summed E-state index contributed by atoms with van der Waals surface area (Å²) in [5.41, 5.74) is 1.37. The lowest BCUT2D eigenvalue weighted by atomic mass is 10.1. The number of benzene rings is 2. The summed E-state index contributed by atoms with van der Waals surface area (Å²) in [7, 11) is 0. The van der Waals surface area contributed by atoms with E-state index in [4.69, 9.17) is 0 Å². The lowest BCUT2D eigenvalue weighted by Crippen LogP contribution is -2.24. The van der Waals surface area contributed by atoms with Crippen molar-refractivity contribution < 1.29 is 18.4 Å². The van der Waals surface area contributed by atoms with Crippen LogP contribution < -0.4 is 10.2 Å². The first kappa shape index (κ1) is 19.6. The summed E-state index contributed by atoms with van der Waals surface area (Å²) >= 11 is 0.749. The van der Waals surface area contributed by atoms with Gasteiger partial charge in [-0.1, -0.05) is 23.5 Å². The number of amides is 1. The minimum absolute atomic E-state index is 0.180. The molecule has 0 saturated carbocycles. The number of Topliss-reactive ketones (excluding diaryl/α,β-unsaturated/α-hetero) is 1. The Kier molecular flexibility index (Phi) is 5.79. The standard InChI is InChI=1S/C20H16F2N2O3S/c1-12-18(19(26)23-10-13-2-6-15(21)7-3-13)28-20(27)24(12)11-17(25)14-4-8-16(22)9-5-14/h2-9H,10-11H2,1H3,(H,23,26). The van der Waals surface area contributed by atoms with Gasteiger partial charge in [-0.05, 0) is 48.9 Å². The fourth-order valence-corrected chi connectivity index (χ4v) is 3.51. The van der Waals surface area contributed by atoms with Gasteiger partial charge in [0.05, 0.1) is 6.54 Å². The lowest BCUT2D eigenvalue weighted by molar-refractivity contribution is 0.0945. The van der Waals surface area contributed by atoms with E-state index in [1.807, 2.05) is 0 Å². The monoisotopic (exact) mass is 402 g/mol. The van der Waals surface area contributed by atoms with Gasteiger partial charge in [0.15, 0.2) is 5.78 Å². The molecule has 0 fully saturated rings. The summed E-state index contributed by atoms with van der Waals surface area (Å²) in [6.07, 6.45) is 0. The van der Waals surface area contributed by atoms with Gasteiger partial charge >= 0.3 is 4.87 Å². The van der Waals surface area contributed by atoms with Gasteiger partial charge in [-0.3, -0.25) is 19.0 Å². The fourth-order valence-electron chi connectivity index (χ4n) is 2.61. The van der Waals surface area contributed by atoms with Gasteiger partial charge in [0.1, 0.15) is 16.5 Å². The number of nitrogens with zero attached hydrogens (tertiary/aromatic N) is 1.